The highest BCUT2D eigenvalue weighted by atomic mass is 35.5. The number of urea groups is 1. The van der Waals surface area contributed by atoms with E-state index in [1.54, 1.807) is 24.3 Å². The van der Waals surface area contributed by atoms with Gasteiger partial charge in [0.05, 0.1) is 24.8 Å². The molecule has 1 N–H and O–H groups in total. The average Bonchev–Trinajstić information content (AvgIpc) is 2.94. The van der Waals surface area contributed by atoms with Crippen LogP contribution in [-0.4, -0.2) is 30.1 Å². The van der Waals surface area contributed by atoms with Crippen molar-refractivity contribution < 1.29 is 23.5 Å². The fourth-order valence-corrected chi connectivity index (χ4v) is 3.07. The lowest BCUT2D eigenvalue weighted by Crippen LogP contribution is -2.30. The average molecular weight is 419 g/mol. The zero-order chi connectivity index (χ0) is 21.0. The Hall–Kier alpha value is -3.06. The molecule has 3 amide bonds. The van der Waals surface area contributed by atoms with Crippen molar-refractivity contribution in [1.29, 1.82) is 0 Å². The Morgan fingerprint density at radius 2 is 1.76 bits per heavy atom. The predicted molar refractivity (Wildman–Crippen MR) is 107 cm³/mol. The highest BCUT2D eigenvalue weighted by Crippen LogP contribution is 2.35. The number of hydrogen-bond donors (Lipinski definition) is 1. The second kappa shape index (κ2) is 8.96. The Bertz CT molecular complexity index is 977. The Morgan fingerprint density at radius 3 is 2.41 bits per heavy atom. The van der Waals surface area contributed by atoms with E-state index in [-0.39, 0.29) is 17.8 Å². The van der Waals surface area contributed by atoms with Gasteiger partial charge in [-0.3, -0.25) is 9.69 Å². The fraction of sp³-hybridized carbons (Fsp3) is 0.238. The minimum absolute atomic E-state index is 0.0415. The van der Waals surface area contributed by atoms with Gasteiger partial charge >= 0.3 is 6.03 Å². The lowest BCUT2D eigenvalue weighted by atomic mass is 10.1. The molecule has 2 aromatic rings. The zero-order valence-electron chi connectivity index (χ0n) is 16.0. The number of benzene rings is 2. The van der Waals surface area contributed by atoms with Crippen molar-refractivity contribution in [1.82, 2.24) is 10.2 Å². The van der Waals surface area contributed by atoms with E-state index >= 15 is 0 Å². The van der Waals surface area contributed by atoms with E-state index in [1.807, 2.05) is 13.8 Å². The number of amides is 3. The van der Waals surface area contributed by atoms with E-state index in [1.165, 1.54) is 18.2 Å². The van der Waals surface area contributed by atoms with Gasteiger partial charge in [-0.2, -0.15) is 0 Å². The molecular formula is C21H20ClFN2O4. The number of carbonyl (C=O) groups is 2. The van der Waals surface area contributed by atoms with Gasteiger partial charge in [0.25, 0.3) is 5.91 Å². The van der Waals surface area contributed by atoms with Crippen molar-refractivity contribution in [3.05, 3.63) is 64.1 Å². The van der Waals surface area contributed by atoms with Crippen LogP contribution in [0.5, 0.6) is 11.5 Å². The maximum atomic E-state index is 13.9. The molecule has 8 heteroatoms. The van der Waals surface area contributed by atoms with E-state index in [0.717, 1.165) is 4.90 Å². The number of imide groups is 1. The molecule has 0 aromatic heterocycles. The zero-order valence-corrected chi connectivity index (χ0v) is 16.8. The summed E-state index contributed by atoms with van der Waals surface area (Å²) in [5, 5.41) is 2.84. The van der Waals surface area contributed by atoms with Crippen molar-refractivity contribution in [3.8, 4) is 11.5 Å². The van der Waals surface area contributed by atoms with Gasteiger partial charge in [-0.25, -0.2) is 9.18 Å². The summed E-state index contributed by atoms with van der Waals surface area (Å²) in [6.45, 7) is 4.37. The molecule has 1 saturated heterocycles. The third-order valence-corrected chi connectivity index (χ3v) is 4.54. The summed E-state index contributed by atoms with van der Waals surface area (Å²) in [5.74, 6) is -0.0855. The first kappa shape index (κ1) is 20.7. The molecule has 29 heavy (non-hydrogen) atoms. The molecule has 0 bridgehead atoms. The second-order valence-electron chi connectivity index (χ2n) is 6.16. The molecule has 0 unspecified atom stereocenters. The minimum Gasteiger partial charge on any atom is -0.490 e. The number of hydrogen-bond acceptors (Lipinski definition) is 4. The van der Waals surface area contributed by atoms with Crippen LogP contribution in [0, 0.1) is 5.82 Å². The van der Waals surface area contributed by atoms with Crippen molar-refractivity contribution >= 4 is 29.6 Å². The molecular weight excluding hydrogens is 399 g/mol. The summed E-state index contributed by atoms with van der Waals surface area (Å²) in [7, 11) is 0. The molecule has 152 valence electrons. The number of nitrogens with zero attached hydrogens (tertiary/aromatic N) is 1. The highest BCUT2D eigenvalue weighted by molar-refractivity contribution is 6.32. The molecule has 2 aromatic carbocycles. The molecule has 0 aliphatic carbocycles. The van der Waals surface area contributed by atoms with Crippen LogP contribution in [-0.2, 0) is 11.3 Å². The van der Waals surface area contributed by atoms with Crippen LogP contribution in [0.25, 0.3) is 6.08 Å². The van der Waals surface area contributed by atoms with Gasteiger partial charge in [-0.1, -0.05) is 29.8 Å². The lowest BCUT2D eigenvalue weighted by molar-refractivity contribution is -0.123. The van der Waals surface area contributed by atoms with E-state index in [0.29, 0.717) is 35.3 Å². The Kier molecular flexibility index (Phi) is 6.39. The third-order valence-electron chi connectivity index (χ3n) is 4.21. The number of ether oxygens (including phenoxy) is 2. The van der Waals surface area contributed by atoms with Gasteiger partial charge in [0.15, 0.2) is 11.5 Å². The summed E-state index contributed by atoms with van der Waals surface area (Å²) in [6.07, 6.45) is 1.46. The summed E-state index contributed by atoms with van der Waals surface area (Å²) in [5.41, 5.74) is 0.768. The van der Waals surface area contributed by atoms with E-state index in [9.17, 15) is 14.0 Å². The Balaban J connectivity index is 1.89. The molecule has 3 rings (SSSR count). The first-order valence-corrected chi connectivity index (χ1v) is 9.49. The van der Waals surface area contributed by atoms with E-state index < -0.39 is 17.8 Å². The Morgan fingerprint density at radius 1 is 1.10 bits per heavy atom. The van der Waals surface area contributed by atoms with Gasteiger partial charge in [0, 0.05) is 11.6 Å². The van der Waals surface area contributed by atoms with Crippen LogP contribution < -0.4 is 14.8 Å². The van der Waals surface area contributed by atoms with Crippen LogP contribution in [0.4, 0.5) is 9.18 Å². The largest absolute Gasteiger partial charge is 0.490 e. The van der Waals surface area contributed by atoms with Crippen molar-refractivity contribution in [3.63, 3.8) is 0 Å². The molecule has 1 heterocycles. The molecule has 0 atom stereocenters. The van der Waals surface area contributed by atoms with Crippen LogP contribution in [0.15, 0.2) is 42.1 Å². The number of nitrogens with one attached hydrogen (secondary N) is 1. The SMILES string of the molecule is CCOc1cc(Cl)c(/C=C2/NC(=O)N(Cc3ccccc3F)C2=O)cc1OCC. The van der Waals surface area contributed by atoms with E-state index in [4.69, 9.17) is 21.1 Å². The van der Waals surface area contributed by atoms with Gasteiger partial charge in [0.1, 0.15) is 11.5 Å². The molecule has 0 radical (unpaired) electrons. The quantitative estimate of drug-likeness (QED) is 0.535. The second-order valence-corrected chi connectivity index (χ2v) is 6.56. The van der Waals surface area contributed by atoms with Gasteiger partial charge in [0.2, 0.25) is 0 Å². The van der Waals surface area contributed by atoms with Crippen LogP contribution >= 0.6 is 11.6 Å². The standard InChI is InChI=1S/C21H20ClFN2O4/c1-3-28-18-10-14(15(22)11-19(18)29-4-2)9-17-20(26)25(21(27)24-17)12-13-7-5-6-8-16(13)23/h5-11H,3-4,12H2,1-2H3,(H,24,27)/b17-9+. The fourth-order valence-electron chi connectivity index (χ4n) is 2.87. The topological polar surface area (TPSA) is 67.9 Å². The van der Waals surface area contributed by atoms with Crippen LogP contribution in [0.1, 0.15) is 25.0 Å². The molecule has 1 fully saturated rings. The predicted octanol–water partition coefficient (Wildman–Crippen LogP) is 4.37. The lowest BCUT2D eigenvalue weighted by Gasteiger charge is -2.13. The smallest absolute Gasteiger partial charge is 0.329 e. The summed E-state index contributed by atoms with van der Waals surface area (Å²) >= 11 is 6.32. The molecule has 1 aliphatic heterocycles. The van der Waals surface area contributed by atoms with Crippen molar-refractivity contribution in [2.75, 3.05) is 13.2 Å². The summed E-state index contributed by atoms with van der Waals surface area (Å²) < 4.78 is 25.0. The monoisotopic (exact) mass is 418 g/mol. The Labute approximate surface area is 172 Å². The third kappa shape index (κ3) is 4.51. The van der Waals surface area contributed by atoms with Gasteiger partial charge in [-0.05, 0) is 37.6 Å². The van der Waals surface area contributed by atoms with Crippen molar-refractivity contribution in [2.24, 2.45) is 0 Å². The molecule has 6 nitrogen and oxygen atoms in total. The first-order chi connectivity index (χ1) is 13.9. The maximum Gasteiger partial charge on any atom is 0.329 e. The number of rotatable bonds is 7. The van der Waals surface area contributed by atoms with Gasteiger partial charge < -0.3 is 14.8 Å². The number of halogens is 2. The van der Waals surface area contributed by atoms with Crippen LogP contribution in [0.3, 0.4) is 0 Å². The normalized spacial score (nSPS) is 15.0. The molecule has 0 saturated carbocycles. The minimum atomic E-state index is -0.628. The van der Waals surface area contributed by atoms with Gasteiger partial charge in [-0.15, -0.1) is 0 Å². The first-order valence-electron chi connectivity index (χ1n) is 9.11. The molecule has 1 aliphatic rings. The molecule has 0 spiro atoms. The summed E-state index contributed by atoms with van der Waals surface area (Å²) in [6, 6.07) is 8.59. The number of carbonyl (C=O) groups excluding carboxylic acids is 2. The summed E-state index contributed by atoms with van der Waals surface area (Å²) in [4.78, 5) is 25.9. The van der Waals surface area contributed by atoms with Crippen LogP contribution in [0.2, 0.25) is 5.02 Å². The van der Waals surface area contributed by atoms with Crippen molar-refractivity contribution in [2.45, 2.75) is 20.4 Å². The van der Waals surface area contributed by atoms with E-state index in [2.05, 4.69) is 5.32 Å². The highest BCUT2D eigenvalue weighted by Gasteiger charge is 2.34. The maximum absolute atomic E-state index is 13.9.